The third kappa shape index (κ3) is 6.17. The van der Waals surface area contributed by atoms with E-state index in [2.05, 4.69) is 9.97 Å². The molecule has 9 heteroatoms. The number of ether oxygens (including phenoxy) is 2. The van der Waals surface area contributed by atoms with Gasteiger partial charge < -0.3 is 19.4 Å². The van der Waals surface area contributed by atoms with Gasteiger partial charge in [0, 0.05) is 5.56 Å². The number of rotatable bonds is 7. The van der Waals surface area contributed by atoms with Crippen LogP contribution in [0.1, 0.15) is 5.56 Å². The molecule has 0 saturated carbocycles. The first kappa shape index (κ1) is 22.1. The maximum Gasteiger partial charge on any atom is 1.00 e. The quantitative estimate of drug-likeness (QED) is 0.495. The Bertz CT molecular complexity index is 960. The molecule has 0 aliphatic rings. The van der Waals surface area contributed by atoms with Crippen molar-refractivity contribution in [3.8, 4) is 23.1 Å². The fraction of sp³-hybridized carbons (Fsp3) is 0.105. The van der Waals surface area contributed by atoms with Gasteiger partial charge in [-0.2, -0.15) is 9.97 Å². The van der Waals surface area contributed by atoms with Crippen LogP contribution in [0.2, 0.25) is 5.02 Å². The topological polar surface area (TPSA) is 84.4 Å². The van der Waals surface area contributed by atoms with Gasteiger partial charge in [0.1, 0.15) is 19.0 Å². The van der Waals surface area contributed by atoms with Gasteiger partial charge in [0.2, 0.25) is 11.8 Å². The Morgan fingerprint density at radius 2 is 1.71 bits per heavy atom. The number of carboxylic acids is 1. The van der Waals surface area contributed by atoms with Crippen LogP contribution in [0.4, 0.5) is 4.39 Å². The number of halogens is 2. The molecule has 0 unspecified atom stereocenters. The normalized spacial score (nSPS) is 10.1. The Morgan fingerprint density at radius 1 is 1.04 bits per heavy atom. The summed E-state index contributed by atoms with van der Waals surface area (Å²) in [5.41, 5.74) is 1.24. The second-order valence-electron chi connectivity index (χ2n) is 5.43. The maximum atomic E-state index is 13.8. The molecule has 1 heterocycles. The van der Waals surface area contributed by atoms with E-state index < -0.39 is 18.4 Å². The molecule has 0 aliphatic carbocycles. The van der Waals surface area contributed by atoms with Crippen LogP contribution < -0.4 is 44.1 Å². The first-order valence-corrected chi connectivity index (χ1v) is 8.23. The number of aromatic nitrogens is 2. The Morgan fingerprint density at radius 3 is 2.36 bits per heavy atom. The summed E-state index contributed by atoms with van der Waals surface area (Å²) in [5.74, 6) is -1.83. The summed E-state index contributed by atoms with van der Waals surface area (Å²) in [7, 11) is 0. The summed E-state index contributed by atoms with van der Waals surface area (Å²) in [5, 5.41) is 10.6. The second-order valence-corrected chi connectivity index (χ2v) is 5.84. The SMILES string of the molecule is O=C([O-])COc1cc(OCc2ccccc2)nc(-c2ccc(Cl)c(F)c2)n1.[Na+]. The van der Waals surface area contributed by atoms with E-state index in [1.54, 1.807) is 0 Å². The summed E-state index contributed by atoms with van der Waals surface area (Å²) in [6.07, 6.45) is 0. The number of aliphatic carboxylic acids is 1. The van der Waals surface area contributed by atoms with E-state index in [1.165, 1.54) is 24.3 Å². The summed E-state index contributed by atoms with van der Waals surface area (Å²) >= 11 is 5.70. The number of hydrogen-bond donors (Lipinski definition) is 0. The van der Waals surface area contributed by atoms with Crippen molar-refractivity contribution < 1.29 is 53.3 Å². The minimum absolute atomic E-state index is 0. The predicted molar refractivity (Wildman–Crippen MR) is 93.7 cm³/mol. The molecule has 0 radical (unpaired) electrons. The number of hydrogen-bond acceptors (Lipinski definition) is 6. The van der Waals surface area contributed by atoms with Crippen molar-refractivity contribution in [1.29, 1.82) is 0 Å². The number of carbonyl (C=O) groups is 1. The Hall–Kier alpha value is -2.19. The van der Waals surface area contributed by atoms with Gasteiger partial charge in [0.25, 0.3) is 0 Å². The smallest absolute Gasteiger partial charge is 0.546 e. The zero-order valence-electron chi connectivity index (χ0n) is 14.9. The minimum Gasteiger partial charge on any atom is -0.546 e. The second kappa shape index (κ2) is 10.4. The van der Waals surface area contributed by atoms with Crippen molar-refractivity contribution in [3.05, 3.63) is 71.0 Å². The minimum atomic E-state index is -1.40. The van der Waals surface area contributed by atoms with Crippen molar-refractivity contribution >= 4 is 17.6 Å². The zero-order valence-corrected chi connectivity index (χ0v) is 17.6. The van der Waals surface area contributed by atoms with E-state index in [9.17, 15) is 14.3 Å². The first-order valence-electron chi connectivity index (χ1n) is 7.85. The van der Waals surface area contributed by atoms with Gasteiger partial charge in [-0.3, -0.25) is 0 Å². The van der Waals surface area contributed by atoms with E-state index in [1.807, 2.05) is 30.3 Å². The molecular formula is C19H13ClFN2NaO4. The number of carbonyl (C=O) groups excluding carboxylic acids is 1. The van der Waals surface area contributed by atoms with E-state index >= 15 is 0 Å². The number of carboxylic acid groups (broad SMARTS) is 1. The molecule has 6 nitrogen and oxygen atoms in total. The van der Waals surface area contributed by atoms with Crippen LogP contribution >= 0.6 is 11.6 Å². The van der Waals surface area contributed by atoms with Crippen molar-refractivity contribution in [1.82, 2.24) is 9.97 Å². The molecular weight excluding hydrogens is 398 g/mol. The Balaban J connectivity index is 0.00000280. The summed E-state index contributed by atoms with van der Waals surface area (Å²) in [6.45, 7) is -0.463. The summed E-state index contributed by atoms with van der Waals surface area (Å²) in [6, 6.07) is 14.8. The van der Waals surface area contributed by atoms with Gasteiger partial charge in [-0.25, -0.2) is 4.39 Å². The summed E-state index contributed by atoms with van der Waals surface area (Å²) < 4.78 is 24.5. The maximum absolute atomic E-state index is 13.8. The Kier molecular flexibility index (Phi) is 8.19. The van der Waals surface area contributed by atoms with Crippen molar-refractivity contribution in [3.63, 3.8) is 0 Å². The van der Waals surface area contributed by atoms with Gasteiger partial charge in [-0.15, -0.1) is 0 Å². The molecule has 0 atom stereocenters. The fourth-order valence-corrected chi connectivity index (χ4v) is 2.30. The number of benzene rings is 2. The van der Waals surface area contributed by atoms with Gasteiger partial charge in [0.15, 0.2) is 5.82 Å². The molecule has 0 N–H and O–H groups in total. The largest absolute Gasteiger partial charge is 1.00 e. The first-order chi connectivity index (χ1) is 13.0. The van der Waals surface area contributed by atoms with E-state index in [4.69, 9.17) is 21.1 Å². The third-order valence-corrected chi connectivity index (χ3v) is 3.73. The van der Waals surface area contributed by atoms with Crippen molar-refractivity contribution in [2.24, 2.45) is 0 Å². The van der Waals surface area contributed by atoms with Crippen LogP contribution in [0.5, 0.6) is 11.8 Å². The molecule has 2 aromatic carbocycles. The van der Waals surface area contributed by atoms with Crippen molar-refractivity contribution in [2.75, 3.05) is 6.61 Å². The molecule has 3 rings (SSSR count). The average molecular weight is 411 g/mol. The van der Waals surface area contributed by atoms with E-state index in [0.717, 1.165) is 5.56 Å². The van der Waals surface area contributed by atoms with Gasteiger partial charge >= 0.3 is 29.6 Å². The molecule has 0 bridgehead atoms. The van der Waals surface area contributed by atoms with Gasteiger partial charge in [-0.1, -0.05) is 41.9 Å². The Labute approximate surface area is 187 Å². The molecule has 0 aliphatic heterocycles. The predicted octanol–water partition coefficient (Wildman–Crippen LogP) is -0.352. The zero-order chi connectivity index (χ0) is 19.2. The molecule has 0 spiro atoms. The summed E-state index contributed by atoms with van der Waals surface area (Å²) in [4.78, 5) is 18.9. The number of nitrogens with zero attached hydrogens (tertiary/aromatic N) is 2. The van der Waals surface area contributed by atoms with Crippen LogP contribution in [0.3, 0.4) is 0 Å². The fourth-order valence-electron chi connectivity index (χ4n) is 2.18. The van der Waals surface area contributed by atoms with Crippen LogP contribution in [-0.4, -0.2) is 22.5 Å². The molecule has 28 heavy (non-hydrogen) atoms. The average Bonchev–Trinajstić information content (AvgIpc) is 2.67. The molecule has 3 aromatic rings. The molecule has 138 valence electrons. The third-order valence-electron chi connectivity index (χ3n) is 3.42. The molecule has 1 aromatic heterocycles. The van der Waals surface area contributed by atoms with E-state index in [-0.39, 0.29) is 58.8 Å². The van der Waals surface area contributed by atoms with Crippen molar-refractivity contribution in [2.45, 2.75) is 6.61 Å². The standard InChI is InChI=1S/C19H14ClFN2O4.Na/c20-14-7-6-13(8-15(14)21)19-22-16(9-17(23-19)27-11-18(24)25)26-10-12-4-2-1-3-5-12;/h1-9H,10-11H2,(H,24,25);/q;+1/p-1. The molecule has 0 amide bonds. The monoisotopic (exact) mass is 410 g/mol. The van der Waals surface area contributed by atoms with Crippen LogP contribution in [-0.2, 0) is 11.4 Å². The van der Waals surface area contributed by atoms with Gasteiger partial charge in [-0.05, 0) is 23.8 Å². The van der Waals surface area contributed by atoms with Crippen LogP contribution in [0.25, 0.3) is 11.4 Å². The van der Waals surface area contributed by atoms with E-state index in [0.29, 0.717) is 5.56 Å². The molecule has 0 saturated heterocycles. The van der Waals surface area contributed by atoms with Crippen LogP contribution in [0, 0.1) is 5.82 Å². The van der Waals surface area contributed by atoms with Gasteiger partial charge in [0.05, 0.1) is 17.1 Å². The molecule has 0 fully saturated rings. The van der Waals surface area contributed by atoms with Crippen LogP contribution in [0.15, 0.2) is 54.6 Å².